The Morgan fingerprint density at radius 2 is 1.52 bits per heavy atom. The molecule has 31 heavy (non-hydrogen) atoms. The van der Waals surface area contributed by atoms with Gasteiger partial charge in [-0.25, -0.2) is 13.1 Å². The van der Waals surface area contributed by atoms with Gasteiger partial charge in [-0.3, -0.25) is 14.5 Å². The number of sulfonamides is 1. The van der Waals surface area contributed by atoms with Crippen LogP contribution in [0.25, 0.3) is 6.08 Å². The average molecular weight is 449 g/mol. The van der Waals surface area contributed by atoms with Gasteiger partial charge in [-0.05, 0) is 30.9 Å². The second-order valence-electron chi connectivity index (χ2n) is 8.00. The number of carbonyl (C=O) groups is 2. The van der Waals surface area contributed by atoms with E-state index in [-0.39, 0.29) is 24.8 Å². The van der Waals surface area contributed by atoms with Crippen molar-refractivity contribution in [3.63, 3.8) is 0 Å². The van der Waals surface area contributed by atoms with Gasteiger partial charge >= 0.3 is 0 Å². The molecule has 2 saturated heterocycles. The minimum Gasteiger partial charge on any atom is -0.342 e. The molecule has 0 aliphatic carbocycles. The van der Waals surface area contributed by atoms with E-state index in [9.17, 15) is 18.0 Å². The number of hydrogen-bond acceptors (Lipinski definition) is 5. The molecule has 3 rings (SSSR count). The molecule has 170 valence electrons. The molecule has 0 unspecified atom stereocenters. The van der Waals surface area contributed by atoms with Crippen LogP contribution in [0.5, 0.6) is 0 Å². The molecule has 2 amide bonds. The van der Waals surface area contributed by atoms with Crippen molar-refractivity contribution >= 4 is 27.9 Å². The highest BCUT2D eigenvalue weighted by Crippen LogP contribution is 2.10. The van der Waals surface area contributed by atoms with E-state index in [1.807, 2.05) is 35.2 Å². The van der Waals surface area contributed by atoms with Gasteiger partial charge in [0.1, 0.15) is 0 Å². The number of nitrogens with zero attached hydrogens (tertiary/aromatic N) is 3. The predicted molar refractivity (Wildman–Crippen MR) is 120 cm³/mol. The van der Waals surface area contributed by atoms with Crippen molar-refractivity contribution in [1.29, 1.82) is 0 Å². The molecule has 0 saturated carbocycles. The number of carbonyl (C=O) groups excluding carboxylic acids is 2. The van der Waals surface area contributed by atoms with E-state index < -0.39 is 10.0 Å². The highest BCUT2D eigenvalue weighted by atomic mass is 32.2. The van der Waals surface area contributed by atoms with Gasteiger partial charge < -0.3 is 9.80 Å². The van der Waals surface area contributed by atoms with E-state index in [0.717, 1.165) is 36.9 Å². The van der Waals surface area contributed by atoms with Gasteiger partial charge in [-0.15, -0.1) is 0 Å². The Balaban J connectivity index is 1.35. The lowest BCUT2D eigenvalue weighted by atomic mass is 10.1. The van der Waals surface area contributed by atoms with Gasteiger partial charge in [0.15, 0.2) is 0 Å². The van der Waals surface area contributed by atoms with Crippen LogP contribution >= 0.6 is 0 Å². The molecular formula is C22H32N4O4S. The molecule has 0 radical (unpaired) electrons. The second-order valence-corrected chi connectivity index (χ2v) is 9.65. The van der Waals surface area contributed by atoms with E-state index in [1.54, 1.807) is 4.90 Å². The van der Waals surface area contributed by atoms with Crippen molar-refractivity contribution in [3.8, 4) is 0 Å². The third kappa shape index (κ3) is 7.75. The Bertz CT molecular complexity index is 859. The molecule has 8 nitrogen and oxygen atoms in total. The zero-order chi connectivity index (χ0) is 22.1. The fourth-order valence-electron chi connectivity index (χ4n) is 3.83. The molecule has 1 aromatic rings. The number of piperazine rings is 1. The molecule has 1 aromatic carbocycles. The van der Waals surface area contributed by atoms with Gasteiger partial charge in [0, 0.05) is 57.6 Å². The van der Waals surface area contributed by atoms with Crippen LogP contribution in [0, 0.1) is 0 Å². The number of nitrogens with one attached hydrogen (secondary N) is 1. The third-order valence-electron chi connectivity index (χ3n) is 5.67. The predicted octanol–water partition coefficient (Wildman–Crippen LogP) is 1.12. The maximum Gasteiger partial charge on any atom is 0.236 e. The maximum absolute atomic E-state index is 12.4. The Morgan fingerprint density at radius 1 is 0.871 bits per heavy atom. The highest BCUT2D eigenvalue weighted by molar-refractivity contribution is 7.92. The monoisotopic (exact) mass is 448 g/mol. The van der Waals surface area contributed by atoms with Crippen LogP contribution in [0.15, 0.2) is 35.7 Å². The van der Waals surface area contributed by atoms with Crippen LogP contribution in [0.3, 0.4) is 0 Å². The number of rotatable bonds is 8. The summed E-state index contributed by atoms with van der Waals surface area (Å²) in [6.45, 7) is 4.64. The Labute approximate surface area is 184 Å². The molecule has 2 heterocycles. The summed E-state index contributed by atoms with van der Waals surface area (Å²) in [6, 6.07) is 9.16. The zero-order valence-electron chi connectivity index (χ0n) is 17.9. The lowest BCUT2D eigenvalue weighted by Crippen LogP contribution is -2.52. The van der Waals surface area contributed by atoms with E-state index in [2.05, 4.69) is 9.62 Å². The molecule has 0 aromatic heterocycles. The molecule has 9 heteroatoms. The highest BCUT2D eigenvalue weighted by Gasteiger charge is 2.24. The van der Waals surface area contributed by atoms with Crippen molar-refractivity contribution in [2.24, 2.45) is 0 Å². The summed E-state index contributed by atoms with van der Waals surface area (Å²) in [5.74, 6) is 0.106. The van der Waals surface area contributed by atoms with Crippen LogP contribution in [-0.4, -0.2) is 87.3 Å². The van der Waals surface area contributed by atoms with Crippen LogP contribution < -0.4 is 4.72 Å². The van der Waals surface area contributed by atoms with E-state index in [4.69, 9.17) is 0 Å². The lowest BCUT2D eigenvalue weighted by molar-refractivity contribution is -0.135. The molecule has 0 spiro atoms. The SMILES string of the molecule is O=C(CCNS(=O)(=O)/C=C/c1ccccc1)N1CCN(CC(=O)N2CCCCC2)CC1. The third-order valence-corrected chi connectivity index (χ3v) is 6.77. The van der Waals surface area contributed by atoms with E-state index in [1.165, 1.54) is 12.5 Å². The quantitative estimate of drug-likeness (QED) is 0.644. The smallest absolute Gasteiger partial charge is 0.236 e. The summed E-state index contributed by atoms with van der Waals surface area (Å²) in [6.07, 6.45) is 5.00. The summed E-state index contributed by atoms with van der Waals surface area (Å²) >= 11 is 0. The van der Waals surface area contributed by atoms with Crippen molar-refractivity contribution in [2.75, 3.05) is 52.4 Å². The fourth-order valence-corrected chi connectivity index (χ4v) is 4.65. The van der Waals surface area contributed by atoms with Gasteiger partial charge in [0.05, 0.1) is 6.54 Å². The Morgan fingerprint density at radius 3 is 2.19 bits per heavy atom. The van der Waals surface area contributed by atoms with E-state index >= 15 is 0 Å². The number of amides is 2. The van der Waals surface area contributed by atoms with Crippen LogP contribution in [0.4, 0.5) is 0 Å². The molecule has 2 fully saturated rings. The molecular weight excluding hydrogens is 416 g/mol. The lowest BCUT2D eigenvalue weighted by Gasteiger charge is -2.36. The Kier molecular flexibility index (Phi) is 8.62. The molecule has 1 N–H and O–H groups in total. The summed E-state index contributed by atoms with van der Waals surface area (Å²) in [5.41, 5.74) is 0.792. The Hall–Kier alpha value is -2.23. The molecule has 0 bridgehead atoms. The zero-order valence-corrected chi connectivity index (χ0v) is 18.7. The van der Waals surface area contributed by atoms with Crippen molar-refractivity contribution in [1.82, 2.24) is 19.4 Å². The standard InChI is InChI=1S/C22H32N4O4S/c27-21(9-11-23-31(29,30)18-10-20-7-3-1-4-8-20)26-16-14-24(15-17-26)19-22(28)25-12-5-2-6-13-25/h1,3-4,7-8,10,18,23H,2,5-6,9,11-17,19H2/b18-10+. The normalized spacial score (nSPS) is 18.5. The van der Waals surface area contributed by atoms with Gasteiger partial charge in [-0.1, -0.05) is 30.3 Å². The first-order valence-electron chi connectivity index (χ1n) is 10.9. The number of piperidine rings is 1. The molecule has 2 aliphatic rings. The minimum atomic E-state index is -3.59. The first-order chi connectivity index (χ1) is 14.9. The van der Waals surface area contributed by atoms with Crippen molar-refractivity contribution in [2.45, 2.75) is 25.7 Å². The number of hydrogen-bond donors (Lipinski definition) is 1. The summed E-state index contributed by atoms with van der Waals surface area (Å²) < 4.78 is 26.6. The largest absolute Gasteiger partial charge is 0.342 e. The van der Waals surface area contributed by atoms with Crippen LogP contribution in [0.2, 0.25) is 0 Å². The van der Waals surface area contributed by atoms with Gasteiger partial charge in [0.25, 0.3) is 0 Å². The first-order valence-corrected chi connectivity index (χ1v) is 12.5. The van der Waals surface area contributed by atoms with Crippen LogP contribution in [-0.2, 0) is 19.6 Å². The van der Waals surface area contributed by atoms with Gasteiger partial charge in [-0.2, -0.15) is 0 Å². The van der Waals surface area contributed by atoms with Crippen molar-refractivity contribution < 1.29 is 18.0 Å². The second kappa shape index (κ2) is 11.4. The number of benzene rings is 1. The average Bonchev–Trinajstić information content (AvgIpc) is 2.79. The summed E-state index contributed by atoms with van der Waals surface area (Å²) in [5, 5.41) is 1.12. The van der Waals surface area contributed by atoms with E-state index in [0.29, 0.717) is 32.7 Å². The number of likely N-dealkylation sites (tertiary alicyclic amines) is 1. The summed E-state index contributed by atoms with van der Waals surface area (Å²) in [7, 11) is -3.59. The fraction of sp³-hybridized carbons (Fsp3) is 0.545. The molecule has 0 atom stereocenters. The van der Waals surface area contributed by atoms with Gasteiger partial charge in [0.2, 0.25) is 21.8 Å². The van der Waals surface area contributed by atoms with Crippen LogP contribution in [0.1, 0.15) is 31.2 Å². The minimum absolute atomic E-state index is 0.0634. The summed E-state index contributed by atoms with van der Waals surface area (Å²) in [4.78, 5) is 30.6. The topological polar surface area (TPSA) is 90.0 Å². The van der Waals surface area contributed by atoms with Crippen molar-refractivity contribution in [3.05, 3.63) is 41.3 Å². The molecule has 2 aliphatic heterocycles. The first kappa shape index (κ1) is 23.4. The maximum atomic E-state index is 12.4.